The zero-order chi connectivity index (χ0) is 21.4. The average molecular weight is 460 g/mol. The Labute approximate surface area is 194 Å². The molecule has 3 heterocycles. The van der Waals surface area contributed by atoms with E-state index in [0.717, 1.165) is 59.7 Å². The van der Waals surface area contributed by atoms with Crippen molar-refractivity contribution in [1.82, 2.24) is 24.6 Å². The number of likely N-dealkylation sites (N-methyl/N-ethyl adjacent to an activating group) is 1. The number of halogens is 1. The van der Waals surface area contributed by atoms with Crippen LogP contribution in [0.3, 0.4) is 0 Å². The average Bonchev–Trinajstić information content (AvgIpc) is 3.24. The van der Waals surface area contributed by atoms with E-state index in [4.69, 9.17) is 10.1 Å². The number of carbonyl (C=O) groups excluding carboxylic acids is 1. The van der Waals surface area contributed by atoms with Crippen molar-refractivity contribution < 1.29 is 4.79 Å². The van der Waals surface area contributed by atoms with Crippen LogP contribution in [0.15, 0.2) is 24.3 Å². The van der Waals surface area contributed by atoms with Crippen LogP contribution in [-0.4, -0.2) is 63.7 Å². The van der Waals surface area contributed by atoms with Crippen molar-refractivity contribution in [2.24, 2.45) is 0 Å². The van der Waals surface area contributed by atoms with E-state index in [0.29, 0.717) is 0 Å². The largest absolute Gasteiger partial charge is 0.335 e. The van der Waals surface area contributed by atoms with Crippen LogP contribution in [0.25, 0.3) is 5.13 Å². The zero-order valence-electron chi connectivity index (χ0n) is 18.8. The minimum atomic E-state index is 0. The molecule has 0 radical (unpaired) electrons. The number of piperazine rings is 1. The summed E-state index contributed by atoms with van der Waals surface area (Å²) >= 11 is 1.44. The molecule has 8 heteroatoms. The molecule has 2 aromatic heterocycles. The first-order valence-corrected chi connectivity index (χ1v) is 11.2. The van der Waals surface area contributed by atoms with Crippen molar-refractivity contribution in [1.29, 1.82) is 0 Å². The Hall–Kier alpha value is -2.22. The van der Waals surface area contributed by atoms with Gasteiger partial charge in [-0.15, -0.1) is 12.4 Å². The third-order valence-corrected chi connectivity index (χ3v) is 7.01. The van der Waals surface area contributed by atoms with Crippen LogP contribution in [0.2, 0.25) is 0 Å². The minimum Gasteiger partial charge on any atom is -0.335 e. The van der Waals surface area contributed by atoms with E-state index < -0.39 is 0 Å². The smallest absolute Gasteiger partial charge is 0.266 e. The zero-order valence-corrected chi connectivity index (χ0v) is 20.4. The number of aromatic nitrogens is 3. The molecular weight excluding hydrogens is 430 g/mol. The third-order valence-electron chi connectivity index (χ3n) is 5.89. The SMILES string of the molecule is Cc1ccc(Cc2c(C)nn(-c3nc(C)c(C(=O)N4CCN(C)CC4)s3)c2C)cc1.Cl. The minimum absolute atomic E-state index is 0. The second kappa shape index (κ2) is 9.51. The molecule has 1 aromatic carbocycles. The number of hydrogen-bond acceptors (Lipinski definition) is 5. The van der Waals surface area contributed by atoms with Gasteiger partial charge >= 0.3 is 0 Å². The molecule has 0 aliphatic carbocycles. The highest BCUT2D eigenvalue weighted by Crippen LogP contribution is 2.27. The maximum absolute atomic E-state index is 13.0. The number of aryl methyl sites for hydroxylation is 3. The van der Waals surface area contributed by atoms with Crippen molar-refractivity contribution in [2.75, 3.05) is 33.2 Å². The van der Waals surface area contributed by atoms with Crippen LogP contribution in [0.5, 0.6) is 0 Å². The van der Waals surface area contributed by atoms with Crippen LogP contribution in [0.4, 0.5) is 0 Å². The van der Waals surface area contributed by atoms with Gasteiger partial charge in [-0.1, -0.05) is 41.2 Å². The van der Waals surface area contributed by atoms with Gasteiger partial charge in [0.15, 0.2) is 0 Å². The van der Waals surface area contributed by atoms with Crippen LogP contribution in [0.1, 0.15) is 43.4 Å². The van der Waals surface area contributed by atoms with E-state index in [-0.39, 0.29) is 18.3 Å². The number of carbonyl (C=O) groups is 1. The van der Waals surface area contributed by atoms with Gasteiger partial charge in [0.25, 0.3) is 5.91 Å². The fourth-order valence-electron chi connectivity index (χ4n) is 3.85. The summed E-state index contributed by atoms with van der Waals surface area (Å²) in [7, 11) is 2.09. The number of nitrogens with zero attached hydrogens (tertiary/aromatic N) is 5. The second-order valence-corrected chi connectivity index (χ2v) is 9.21. The fourth-order valence-corrected chi connectivity index (χ4v) is 4.89. The highest BCUT2D eigenvalue weighted by molar-refractivity contribution is 7.16. The molecule has 1 aliphatic heterocycles. The summed E-state index contributed by atoms with van der Waals surface area (Å²) in [5, 5.41) is 5.53. The molecule has 166 valence electrons. The molecule has 3 aromatic rings. The van der Waals surface area contributed by atoms with Gasteiger partial charge in [-0.2, -0.15) is 5.10 Å². The number of amides is 1. The molecule has 0 unspecified atom stereocenters. The Morgan fingerprint density at radius 3 is 2.29 bits per heavy atom. The maximum Gasteiger partial charge on any atom is 0.266 e. The highest BCUT2D eigenvalue weighted by atomic mass is 35.5. The van der Waals surface area contributed by atoms with E-state index in [1.54, 1.807) is 0 Å². The first kappa shape index (κ1) is 23.4. The van der Waals surface area contributed by atoms with Crippen molar-refractivity contribution in [2.45, 2.75) is 34.1 Å². The lowest BCUT2D eigenvalue weighted by atomic mass is 10.0. The Morgan fingerprint density at radius 1 is 1.00 bits per heavy atom. The predicted octanol–water partition coefficient (Wildman–Crippen LogP) is 3.96. The quantitative estimate of drug-likeness (QED) is 0.592. The lowest BCUT2D eigenvalue weighted by Crippen LogP contribution is -2.47. The van der Waals surface area contributed by atoms with E-state index in [9.17, 15) is 4.79 Å². The maximum atomic E-state index is 13.0. The van der Waals surface area contributed by atoms with E-state index in [2.05, 4.69) is 50.1 Å². The molecular formula is C23H30ClN5OS. The lowest BCUT2D eigenvalue weighted by Gasteiger charge is -2.32. The van der Waals surface area contributed by atoms with Gasteiger partial charge < -0.3 is 9.80 Å². The van der Waals surface area contributed by atoms with Gasteiger partial charge in [0, 0.05) is 43.9 Å². The summed E-state index contributed by atoms with van der Waals surface area (Å²) in [6.07, 6.45) is 0.843. The summed E-state index contributed by atoms with van der Waals surface area (Å²) in [5.74, 6) is 0.0887. The van der Waals surface area contributed by atoms with Gasteiger partial charge in [0.05, 0.1) is 11.4 Å². The number of benzene rings is 1. The molecule has 1 saturated heterocycles. The van der Waals surface area contributed by atoms with Crippen molar-refractivity contribution in [3.05, 3.63) is 62.9 Å². The summed E-state index contributed by atoms with van der Waals surface area (Å²) in [5.41, 5.74) is 6.63. The van der Waals surface area contributed by atoms with E-state index >= 15 is 0 Å². The summed E-state index contributed by atoms with van der Waals surface area (Å²) < 4.78 is 1.90. The Bertz CT molecular complexity index is 1060. The normalized spacial score (nSPS) is 14.5. The summed E-state index contributed by atoms with van der Waals surface area (Å²) in [6, 6.07) is 8.63. The molecule has 0 spiro atoms. The van der Waals surface area contributed by atoms with Gasteiger partial charge in [0.2, 0.25) is 5.13 Å². The van der Waals surface area contributed by atoms with Gasteiger partial charge in [-0.05, 0) is 40.3 Å². The molecule has 1 amide bonds. The van der Waals surface area contributed by atoms with Crippen LogP contribution < -0.4 is 0 Å². The molecule has 0 bridgehead atoms. The van der Waals surface area contributed by atoms with Crippen molar-refractivity contribution in [3.8, 4) is 5.13 Å². The third kappa shape index (κ3) is 4.84. The fraction of sp³-hybridized carbons (Fsp3) is 0.435. The monoisotopic (exact) mass is 459 g/mol. The lowest BCUT2D eigenvalue weighted by molar-refractivity contribution is 0.0668. The molecule has 6 nitrogen and oxygen atoms in total. The Balaban J connectivity index is 0.00000272. The standard InChI is InChI=1S/C23H29N5OS.ClH/c1-15-6-8-19(9-7-15)14-20-16(2)25-28(18(20)4)23-24-17(3)21(30-23)22(29)27-12-10-26(5)11-13-27;/h6-9H,10-14H2,1-5H3;1H. The summed E-state index contributed by atoms with van der Waals surface area (Å²) in [4.78, 5) is 22.7. The molecule has 31 heavy (non-hydrogen) atoms. The van der Waals surface area contributed by atoms with Crippen LogP contribution >= 0.6 is 23.7 Å². The number of rotatable bonds is 4. The molecule has 0 saturated carbocycles. The predicted molar refractivity (Wildman–Crippen MR) is 128 cm³/mol. The van der Waals surface area contributed by atoms with Crippen molar-refractivity contribution >= 4 is 29.7 Å². The first-order chi connectivity index (χ1) is 14.3. The Morgan fingerprint density at radius 2 is 1.65 bits per heavy atom. The number of hydrogen-bond donors (Lipinski definition) is 0. The van der Waals surface area contributed by atoms with Crippen molar-refractivity contribution in [3.63, 3.8) is 0 Å². The molecule has 1 fully saturated rings. The molecule has 0 N–H and O–H groups in total. The van der Waals surface area contributed by atoms with Crippen LogP contribution in [0, 0.1) is 27.7 Å². The molecule has 1 aliphatic rings. The highest BCUT2D eigenvalue weighted by Gasteiger charge is 2.25. The van der Waals surface area contributed by atoms with Gasteiger partial charge in [-0.25, -0.2) is 9.67 Å². The van der Waals surface area contributed by atoms with E-state index in [1.165, 1.54) is 28.0 Å². The molecule has 0 atom stereocenters. The first-order valence-electron chi connectivity index (χ1n) is 10.4. The topological polar surface area (TPSA) is 54.3 Å². The second-order valence-electron chi connectivity index (χ2n) is 8.23. The van der Waals surface area contributed by atoms with Gasteiger partial charge in [-0.3, -0.25) is 4.79 Å². The molecule has 4 rings (SSSR count). The summed E-state index contributed by atoms with van der Waals surface area (Å²) in [6.45, 7) is 11.5. The van der Waals surface area contributed by atoms with Crippen LogP contribution in [-0.2, 0) is 6.42 Å². The Kier molecular flexibility index (Phi) is 7.19. The van der Waals surface area contributed by atoms with Gasteiger partial charge in [0.1, 0.15) is 4.88 Å². The van der Waals surface area contributed by atoms with E-state index in [1.807, 2.05) is 23.4 Å². The number of thiazole rings is 1.